The summed E-state index contributed by atoms with van der Waals surface area (Å²) in [5, 5.41) is 3.03. The Morgan fingerprint density at radius 3 is 2.92 bits per heavy atom. The lowest BCUT2D eigenvalue weighted by Crippen LogP contribution is -2.41. The lowest BCUT2D eigenvalue weighted by Gasteiger charge is -2.26. The number of benzene rings is 1. The molecule has 6 heteroatoms. The summed E-state index contributed by atoms with van der Waals surface area (Å²) >= 11 is 0. The topological polar surface area (TPSA) is 61.6 Å². The number of amides is 2. The highest BCUT2D eigenvalue weighted by Crippen LogP contribution is 2.29. The minimum Gasteiger partial charge on any atom is -0.441 e. The minimum absolute atomic E-state index is 0.0262. The van der Waals surface area contributed by atoms with Crippen LogP contribution in [0.2, 0.25) is 0 Å². The molecule has 0 unspecified atom stereocenters. The minimum atomic E-state index is -0.0262. The predicted molar refractivity (Wildman–Crippen MR) is 96.5 cm³/mol. The van der Waals surface area contributed by atoms with Gasteiger partial charge in [0.05, 0.1) is 6.20 Å². The van der Waals surface area contributed by atoms with E-state index in [4.69, 9.17) is 4.42 Å². The maximum Gasteiger partial charge on any atom is 0.321 e. The fourth-order valence-electron chi connectivity index (χ4n) is 3.91. The zero-order valence-electron chi connectivity index (χ0n) is 14.7. The number of urea groups is 1. The predicted octanol–water partition coefficient (Wildman–Crippen LogP) is 3.35. The van der Waals surface area contributed by atoms with Crippen LogP contribution in [0, 0.1) is 6.92 Å². The summed E-state index contributed by atoms with van der Waals surface area (Å²) in [6, 6.07) is 8.72. The summed E-state index contributed by atoms with van der Waals surface area (Å²) < 4.78 is 5.57. The Hall–Kier alpha value is -2.34. The zero-order valence-corrected chi connectivity index (χ0v) is 14.7. The largest absolute Gasteiger partial charge is 0.441 e. The molecule has 2 aromatic rings. The lowest BCUT2D eigenvalue weighted by molar-refractivity contribution is 0.200. The lowest BCUT2D eigenvalue weighted by atomic mass is 10.1. The summed E-state index contributed by atoms with van der Waals surface area (Å²) in [6.07, 6.45) is 5.19. The van der Waals surface area contributed by atoms with Crippen LogP contribution in [0.4, 0.5) is 10.5 Å². The molecule has 132 valence electrons. The summed E-state index contributed by atoms with van der Waals surface area (Å²) in [4.78, 5) is 21.3. The first-order valence-corrected chi connectivity index (χ1v) is 8.91. The maximum atomic E-state index is 12.7. The Morgan fingerprint density at radius 2 is 2.12 bits per heavy atom. The van der Waals surface area contributed by atoms with Gasteiger partial charge in [0.25, 0.3) is 0 Å². The van der Waals surface area contributed by atoms with E-state index in [2.05, 4.69) is 22.2 Å². The van der Waals surface area contributed by atoms with Crippen LogP contribution in [-0.4, -0.2) is 53.0 Å². The molecular weight excluding hydrogens is 316 g/mol. The van der Waals surface area contributed by atoms with Crippen molar-refractivity contribution in [3.63, 3.8) is 0 Å². The third-order valence-corrected chi connectivity index (χ3v) is 5.42. The van der Waals surface area contributed by atoms with Crippen molar-refractivity contribution in [3.8, 4) is 11.5 Å². The van der Waals surface area contributed by atoms with E-state index in [-0.39, 0.29) is 6.03 Å². The number of likely N-dealkylation sites (N-methyl/N-ethyl adjacent to an activating group) is 1. The number of fused-ring (bicyclic) bond motifs is 2. The Labute approximate surface area is 147 Å². The van der Waals surface area contributed by atoms with E-state index < -0.39 is 0 Å². The molecule has 2 saturated heterocycles. The molecule has 2 atom stereocenters. The van der Waals surface area contributed by atoms with Crippen molar-refractivity contribution in [2.45, 2.75) is 38.3 Å². The van der Waals surface area contributed by atoms with E-state index in [1.807, 2.05) is 36.1 Å². The first-order valence-electron chi connectivity index (χ1n) is 8.91. The number of hydrogen-bond donors (Lipinski definition) is 1. The van der Waals surface area contributed by atoms with Crippen LogP contribution in [0.15, 0.2) is 34.9 Å². The number of nitrogens with one attached hydrogen (secondary N) is 1. The van der Waals surface area contributed by atoms with Crippen molar-refractivity contribution < 1.29 is 9.21 Å². The van der Waals surface area contributed by atoms with Gasteiger partial charge < -0.3 is 14.6 Å². The van der Waals surface area contributed by atoms with E-state index >= 15 is 0 Å². The third kappa shape index (κ3) is 3.26. The van der Waals surface area contributed by atoms with Gasteiger partial charge in [0.15, 0.2) is 0 Å². The molecule has 2 fully saturated rings. The average molecular weight is 340 g/mol. The second-order valence-corrected chi connectivity index (χ2v) is 7.07. The van der Waals surface area contributed by atoms with Gasteiger partial charge in [-0.1, -0.05) is 6.07 Å². The van der Waals surface area contributed by atoms with Crippen molar-refractivity contribution in [1.29, 1.82) is 0 Å². The molecule has 2 amide bonds. The van der Waals surface area contributed by atoms with Gasteiger partial charge in [-0.05, 0) is 51.4 Å². The monoisotopic (exact) mass is 340 g/mol. The molecule has 2 aliphatic heterocycles. The van der Waals surface area contributed by atoms with Crippen molar-refractivity contribution in [2.24, 2.45) is 0 Å². The Bertz CT molecular complexity index is 772. The van der Waals surface area contributed by atoms with Crippen LogP contribution in [0.3, 0.4) is 0 Å². The summed E-state index contributed by atoms with van der Waals surface area (Å²) in [5.74, 6) is 1.34. The highest BCUT2D eigenvalue weighted by atomic mass is 16.4. The number of carbonyl (C=O) groups excluding carboxylic acids is 1. The summed E-state index contributed by atoms with van der Waals surface area (Å²) in [6.45, 7) is 3.49. The molecule has 2 aliphatic rings. The van der Waals surface area contributed by atoms with Gasteiger partial charge in [-0.2, -0.15) is 0 Å². The van der Waals surface area contributed by atoms with Crippen LogP contribution in [0.5, 0.6) is 0 Å². The molecule has 1 N–H and O–H groups in total. The average Bonchev–Trinajstić information content (AvgIpc) is 3.11. The van der Waals surface area contributed by atoms with Crippen LogP contribution in [0.25, 0.3) is 11.5 Å². The Kier molecular flexibility index (Phi) is 4.21. The second kappa shape index (κ2) is 6.52. The number of aromatic nitrogens is 1. The molecule has 2 bridgehead atoms. The van der Waals surface area contributed by atoms with Crippen molar-refractivity contribution in [2.75, 3.05) is 25.5 Å². The van der Waals surface area contributed by atoms with E-state index in [9.17, 15) is 4.79 Å². The van der Waals surface area contributed by atoms with Gasteiger partial charge >= 0.3 is 6.03 Å². The molecule has 6 nitrogen and oxygen atoms in total. The standard InChI is InChI=1S/C19H24N4O2/c1-13-11-20-18(25-13)14-4-3-5-15(10-14)21-19(24)23-9-8-16-6-7-17(12-23)22(16)2/h3-5,10-11,16-17H,6-9,12H2,1-2H3,(H,21,24)/t16-,17+/m1/s1. The van der Waals surface area contributed by atoms with Gasteiger partial charge in [0, 0.05) is 36.4 Å². The van der Waals surface area contributed by atoms with E-state index in [0.29, 0.717) is 18.0 Å². The van der Waals surface area contributed by atoms with Crippen LogP contribution in [0.1, 0.15) is 25.0 Å². The number of rotatable bonds is 2. The fraction of sp³-hybridized carbons (Fsp3) is 0.474. The number of aryl methyl sites for hydroxylation is 1. The molecule has 0 aliphatic carbocycles. The Morgan fingerprint density at radius 1 is 1.28 bits per heavy atom. The molecule has 0 saturated carbocycles. The molecule has 1 aromatic heterocycles. The second-order valence-electron chi connectivity index (χ2n) is 7.07. The fourth-order valence-corrected chi connectivity index (χ4v) is 3.91. The SMILES string of the molecule is Cc1cnc(-c2cccc(NC(=O)N3CC[C@H]4CC[C@@H](C3)N4C)c2)o1. The molecule has 3 heterocycles. The van der Waals surface area contributed by atoms with Gasteiger partial charge in [-0.15, -0.1) is 0 Å². The molecule has 25 heavy (non-hydrogen) atoms. The van der Waals surface area contributed by atoms with Gasteiger partial charge in [0.2, 0.25) is 5.89 Å². The summed E-state index contributed by atoms with van der Waals surface area (Å²) in [7, 11) is 2.19. The van der Waals surface area contributed by atoms with Crippen molar-refractivity contribution in [1.82, 2.24) is 14.8 Å². The number of anilines is 1. The maximum absolute atomic E-state index is 12.7. The van der Waals surface area contributed by atoms with Gasteiger partial charge in [-0.25, -0.2) is 9.78 Å². The van der Waals surface area contributed by atoms with Crippen LogP contribution < -0.4 is 5.32 Å². The van der Waals surface area contributed by atoms with E-state index in [1.165, 1.54) is 12.8 Å². The molecule has 0 radical (unpaired) electrons. The van der Waals surface area contributed by atoms with Crippen molar-refractivity contribution in [3.05, 3.63) is 36.2 Å². The number of oxazole rings is 1. The molecular formula is C19H24N4O2. The Balaban J connectivity index is 1.46. The van der Waals surface area contributed by atoms with Crippen LogP contribution in [-0.2, 0) is 0 Å². The van der Waals surface area contributed by atoms with Crippen molar-refractivity contribution >= 4 is 11.7 Å². The zero-order chi connectivity index (χ0) is 17.4. The number of nitrogens with zero attached hydrogens (tertiary/aromatic N) is 3. The third-order valence-electron chi connectivity index (χ3n) is 5.42. The first kappa shape index (κ1) is 16.1. The van der Waals surface area contributed by atoms with Crippen LogP contribution >= 0.6 is 0 Å². The van der Waals surface area contributed by atoms with Gasteiger partial charge in [0.1, 0.15) is 5.76 Å². The highest BCUT2D eigenvalue weighted by Gasteiger charge is 2.35. The smallest absolute Gasteiger partial charge is 0.321 e. The highest BCUT2D eigenvalue weighted by molar-refractivity contribution is 5.90. The quantitative estimate of drug-likeness (QED) is 0.911. The molecule has 0 spiro atoms. The van der Waals surface area contributed by atoms with E-state index in [0.717, 1.165) is 36.5 Å². The first-order chi connectivity index (χ1) is 12.1. The number of hydrogen-bond acceptors (Lipinski definition) is 4. The molecule has 4 rings (SSSR count). The molecule has 1 aromatic carbocycles. The number of likely N-dealkylation sites (tertiary alicyclic amines) is 1. The summed E-state index contributed by atoms with van der Waals surface area (Å²) in [5.41, 5.74) is 1.63. The normalized spacial score (nSPS) is 23.5. The number of carbonyl (C=O) groups is 1. The van der Waals surface area contributed by atoms with Gasteiger partial charge in [-0.3, -0.25) is 4.90 Å². The van der Waals surface area contributed by atoms with E-state index in [1.54, 1.807) is 6.20 Å².